The first kappa shape index (κ1) is 13.9. The Hall–Kier alpha value is -2.16. The zero-order valence-corrected chi connectivity index (χ0v) is 10.3. The lowest BCUT2D eigenvalue weighted by Crippen LogP contribution is -2.08. The van der Waals surface area contributed by atoms with Gasteiger partial charge in [0.05, 0.1) is 6.61 Å². The van der Waals surface area contributed by atoms with Crippen molar-refractivity contribution < 1.29 is 14.3 Å². The summed E-state index contributed by atoms with van der Waals surface area (Å²) in [5.41, 5.74) is 1.06. The highest BCUT2D eigenvalue weighted by Crippen LogP contribution is 2.01. The van der Waals surface area contributed by atoms with E-state index in [0.29, 0.717) is 6.61 Å². The topological polar surface area (TPSA) is 43.4 Å². The van der Waals surface area contributed by atoms with Crippen LogP contribution in [0.25, 0.3) is 6.08 Å². The zero-order chi connectivity index (χ0) is 13.2. The van der Waals surface area contributed by atoms with Crippen LogP contribution in [0.15, 0.2) is 48.6 Å². The molecule has 0 amide bonds. The number of hydrogen-bond donors (Lipinski definition) is 0. The maximum atomic E-state index is 11.3. The second kappa shape index (κ2) is 8.01. The van der Waals surface area contributed by atoms with Crippen molar-refractivity contribution in [3.05, 3.63) is 54.1 Å². The van der Waals surface area contributed by atoms with E-state index in [2.05, 4.69) is 4.74 Å². The number of rotatable bonds is 6. The van der Waals surface area contributed by atoms with Crippen LogP contribution in [0.5, 0.6) is 0 Å². The molecule has 0 aliphatic carbocycles. The molecule has 0 aromatic heterocycles. The molecule has 3 heteroatoms. The molecular formula is C15H16O3. The molecule has 1 aromatic carbocycles. The highest BCUT2D eigenvalue weighted by Gasteiger charge is 2.05. The lowest BCUT2D eigenvalue weighted by molar-refractivity contribution is -0.144. The Bertz CT molecular complexity index is 444. The van der Waals surface area contributed by atoms with E-state index in [4.69, 9.17) is 0 Å². The summed E-state index contributed by atoms with van der Waals surface area (Å²) in [6.45, 7) is 2.00. The summed E-state index contributed by atoms with van der Waals surface area (Å²) in [5.74, 6) is -0.745. The minimum atomic E-state index is -0.487. The first-order chi connectivity index (χ1) is 8.72. The molecule has 18 heavy (non-hydrogen) atoms. The molecule has 0 N–H and O–H groups in total. The quantitative estimate of drug-likeness (QED) is 0.334. The molecule has 0 saturated heterocycles. The van der Waals surface area contributed by atoms with Gasteiger partial charge in [-0.15, -0.1) is 0 Å². The third-order valence-electron chi connectivity index (χ3n) is 2.11. The standard InChI is InChI=1S/C15H16O3/c1-2-18-15(17)12-14(16)11-7-6-10-13-8-4-3-5-9-13/h3-11H,2,12H2,1H3. The molecule has 0 heterocycles. The maximum absolute atomic E-state index is 11.3. The molecule has 0 aliphatic heterocycles. The summed E-state index contributed by atoms with van der Waals surface area (Å²) in [5, 5.41) is 0. The van der Waals surface area contributed by atoms with E-state index in [0.717, 1.165) is 5.56 Å². The van der Waals surface area contributed by atoms with Crippen LogP contribution in [0.4, 0.5) is 0 Å². The van der Waals surface area contributed by atoms with Crippen molar-refractivity contribution in [2.75, 3.05) is 6.61 Å². The van der Waals surface area contributed by atoms with Gasteiger partial charge in [-0.25, -0.2) is 0 Å². The number of carbonyl (C=O) groups is 2. The molecule has 0 radical (unpaired) electrons. The Morgan fingerprint density at radius 2 is 1.89 bits per heavy atom. The van der Waals surface area contributed by atoms with E-state index in [-0.39, 0.29) is 12.2 Å². The van der Waals surface area contributed by atoms with E-state index in [9.17, 15) is 9.59 Å². The Labute approximate surface area is 107 Å². The number of benzene rings is 1. The van der Waals surface area contributed by atoms with Gasteiger partial charge in [0, 0.05) is 0 Å². The van der Waals surface area contributed by atoms with Crippen molar-refractivity contribution in [2.24, 2.45) is 0 Å². The van der Waals surface area contributed by atoms with Gasteiger partial charge in [-0.2, -0.15) is 0 Å². The number of carbonyl (C=O) groups excluding carboxylic acids is 2. The fraction of sp³-hybridized carbons (Fsp3) is 0.200. The van der Waals surface area contributed by atoms with Crippen LogP contribution in [0.2, 0.25) is 0 Å². The summed E-state index contributed by atoms with van der Waals surface area (Å²) in [6.07, 6.45) is 6.43. The zero-order valence-electron chi connectivity index (χ0n) is 10.3. The maximum Gasteiger partial charge on any atom is 0.313 e. The van der Waals surface area contributed by atoms with Crippen LogP contribution in [0, 0.1) is 0 Å². The number of ketones is 1. The second-order valence-electron chi connectivity index (χ2n) is 3.58. The number of allylic oxidation sites excluding steroid dienone is 3. The molecule has 0 aliphatic rings. The molecule has 0 saturated carbocycles. The Morgan fingerprint density at radius 1 is 1.17 bits per heavy atom. The van der Waals surface area contributed by atoms with E-state index < -0.39 is 5.97 Å². The number of hydrogen-bond acceptors (Lipinski definition) is 3. The van der Waals surface area contributed by atoms with Crippen molar-refractivity contribution in [3.8, 4) is 0 Å². The lowest BCUT2D eigenvalue weighted by atomic mass is 10.2. The van der Waals surface area contributed by atoms with Gasteiger partial charge < -0.3 is 4.74 Å². The van der Waals surface area contributed by atoms with Gasteiger partial charge in [0.2, 0.25) is 0 Å². The van der Waals surface area contributed by atoms with Crippen LogP contribution in [0.1, 0.15) is 18.9 Å². The highest BCUT2D eigenvalue weighted by atomic mass is 16.5. The summed E-state index contributed by atoms with van der Waals surface area (Å²) >= 11 is 0. The molecule has 1 rings (SSSR count). The Kier molecular flexibility index (Phi) is 6.19. The average molecular weight is 244 g/mol. The Morgan fingerprint density at radius 3 is 2.56 bits per heavy atom. The molecule has 0 unspecified atom stereocenters. The molecule has 0 atom stereocenters. The normalized spacial score (nSPS) is 10.9. The van der Waals surface area contributed by atoms with Crippen LogP contribution in [-0.4, -0.2) is 18.4 Å². The minimum Gasteiger partial charge on any atom is -0.466 e. The minimum absolute atomic E-state index is 0.205. The first-order valence-corrected chi connectivity index (χ1v) is 5.80. The molecule has 94 valence electrons. The van der Waals surface area contributed by atoms with Crippen molar-refractivity contribution in [1.82, 2.24) is 0 Å². The molecule has 0 spiro atoms. The van der Waals surface area contributed by atoms with Gasteiger partial charge in [0.1, 0.15) is 6.42 Å². The van der Waals surface area contributed by atoms with E-state index in [1.807, 2.05) is 36.4 Å². The molecule has 3 nitrogen and oxygen atoms in total. The third kappa shape index (κ3) is 5.80. The van der Waals surface area contributed by atoms with Gasteiger partial charge in [-0.05, 0) is 18.6 Å². The highest BCUT2D eigenvalue weighted by molar-refractivity contribution is 6.02. The first-order valence-electron chi connectivity index (χ1n) is 5.80. The second-order valence-corrected chi connectivity index (χ2v) is 3.58. The van der Waals surface area contributed by atoms with Crippen molar-refractivity contribution in [3.63, 3.8) is 0 Å². The monoisotopic (exact) mass is 244 g/mol. The largest absolute Gasteiger partial charge is 0.466 e. The molecule has 0 bridgehead atoms. The van der Waals surface area contributed by atoms with Crippen LogP contribution in [0.3, 0.4) is 0 Å². The molecular weight excluding hydrogens is 228 g/mol. The van der Waals surface area contributed by atoms with Crippen molar-refractivity contribution in [1.29, 1.82) is 0 Å². The van der Waals surface area contributed by atoms with Gasteiger partial charge in [-0.1, -0.05) is 48.6 Å². The predicted octanol–water partition coefficient (Wildman–Crippen LogP) is 2.78. The fourth-order valence-electron chi connectivity index (χ4n) is 1.31. The van der Waals surface area contributed by atoms with Crippen LogP contribution >= 0.6 is 0 Å². The third-order valence-corrected chi connectivity index (χ3v) is 2.11. The summed E-state index contributed by atoms with van der Waals surface area (Å²) in [4.78, 5) is 22.3. The van der Waals surface area contributed by atoms with Gasteiger partial charge >= 0.3 is 5.97 Å². The summed E-state index contributed by atoms with van der Waals surface area (Å²) in [7, 11) is 0. The molecule has 0 fully saturated rings. The molecule has 1 aromatic rings. The van der Waals surface area contributed by atoms with Crippen molar-refractivity contribution >= 4 is 17.8 Å². The van der Waals surface area contributed by atoms with E-state index in [1.54, 1.807) is 19.1 Å². The number of ether oxygens (including phenoxy) is 1. The summed E-state index contributed by atoms with van der Waals surface area (Å²) in [6, 6.07) is 9.75. The van der Waals surface area contributed by atoms with Crippen LogP contribution < -0.4 is 0 Å². The van der Waals surface area contributed by atoms with Gasteiger partial charge in [-0.3, -0.25) is 9.59 Å². The van der Waals surface area contributed by atoms with Crippen molar-refractivity contribution in [2.45, 2.75) is 13.3 Å². The fourth-order valence-corrected chi connectivity index (χ4v) is 1.31. The lowest BCUT2D eigenvalue weighted by Gasteiger charge is -1.97. The smallest absolute Gasteiger partial charge is 0.313 e. The van der Waals surface area contributed by atoms with Crippen LogP contribution in [-0.2, 0) is 14.3 Å². The van der Waals surface area contributed by atoms with E-state index in [1.165, 1.54) is 6.08 Å². The Balaban J connectivity index is 2.39. The van der Waals surface area contributed by atoms with Gasteiger partial charge in [0.15, 0.2) is 5.78 Å². The average Bonchev–Trinajstić information content (AvgIpc) is 2.36. The SMILES string of the molecule is CCOC(=O)CC(=O)C=CC=Cc1ccccc1. The predicted molar refractivity (Wildman–Crippen MR) is 70.9 cm³/mol. The number of esters is 1. The summed E-state index contributed by atoms with van der Waals surface area (Å²) < 4.78 is 4.68. The van der Waals surface area contributed by atoms with E-state index >= 15 is 0 Å². The van der Waals surface area contributed by atoms with Gasteiger partial charge in [0.25, 0.3) is 0 Å².